The van der Waals surface area contributed by atoms with Gasteiger partial charge in [0, 0.05) is 6.20 Å². The number of ether oxygens (including phenoxy) is 1. The lowest BCUT2D eigenvalue weighted by atomic mass is 10.2. The molecule has 1 heterocycles. The van der Waals surface area contributed by atoms with Crippen LogP contribution < -0.4 is 10.5 Å². The van der Waals surface area contributed by atoms with E-state index in [-0.39, 0.29) is 5.69 Å². The highest BCUT2D eigenvalue weighted by molar-refractivity contribution is 14.1. The van der Waals surface area contributed by atoms with Crippen LogP contribution in [0.4, 0.5) is 18.9 Å². The molecule has 0 saturated heterocycles. The Morgan fingerprint density at radius 2 is 2.13 bits per heavy atom. The summed E-state index contributed by atoms with van der Waals surface area (Å²) in [6, 6.07) is 1.51. The van der Waals surface area contributed by atoms with Crippen molar-refractivity contribution in [2.24, 2.45) is 0 Å². The average Bonchev–Trinajstić information content (AvgIpc) is 2.10. The number of alkyl halides is 3. The molecule has 80 valence electrons. The Bertz CT molecular complexity index is 427. The fourth-order valence-corrected chi connectivity index (χ4v) is 1.19. The number of nitriles is 1. The molecule has 0 atom stereocenters. The van der Waals surface area contributed by atoms with Crippen LogP contribution in [0.25, 0.3) is 0 Å². The van der Waals surface area contributed by atoms with Gasteiger partial charge >= 0.3 is 6.36 Å². The third-order valence-corrected chi connectivity index (χ3v) is 2.22. The first-order valence-corrected chi connectivity index (χ1v) is 4.53. The van der Waals surface area contributed by atoms with Crippen LogP contribution in [0.2, 0.25) is 0 Å². The van der Waals surface area contributed by atoms with Crippen molar-refractivity contribution in [1.29, 1.82) is 5.26 Å². The topological polar surface area (TPSA) is 71.9 Å². The summed E-state index contributed by atoms with van der Waals surface area (Å²) in [5, 5.41) is 8.60. The average molecular weight is 329 g/mol. The van der Waals surface area contributed by atoms with E-state index in [1.54, 1.807) is 22.6 Å². The number of rotatable bonds is 1. The summed E-state index contributed by atoms with van der Waals surface area (Å²) in [6.45, 7) is 0. The van der Waals surface area contributed by atoms with Gasteiger partial charge in [0.15, 0.2) is 0 Å². The minimum Gasteiger partial charge on any atom is -0.397 e. The van der Waals surface area contributed by atoms with Crippen molar-refractivity contribution in [3.05, 3.63) is 15.3 Å². The second-order valence-corrected chi connectivity index (χ2v) is 3.52. The van der Waals surface area contributed by atoms with Crippen LogP contribution >= 0.6 is 22.6 Å². The molecular formula is C7H3F3IN3O. The number of nitrogens with zero attached hydrogens (tertiary/aromatic N) is 2. The Kier molecular flexibility index (Phi) is 3.23. The number of aromatic nitrogens is 1. The van der Waals surface area contributed by atoms with E-state index in [9.17, 15) is 13.2 Å². The number of nitrogen functional groups attached to an aromatic ring is 1. The molecule has 0 unspecified atom stereocenters. The van der Waals surface area contributed by atoms with Crippen molar-refractivity contribution in [1.82, 2.24) is 4.98 Å². The molecule has 1 rings (SSSR count). The van der Waals surface area contributed by atoms with Crippen molar-refractivity contribution in [3.63, 3.8) is 0 Å². The fraction of sp³-hybridized carbons (Fsp3) is 0.143. The summed E-state index contributed by atoms with van der Waals surface area (Å²) in [7, 11) is 0. The summed E-state index contributed by atoms with van der Waals surface area (Å²) < 4.78 is 39.6. The molecule has 0 aliphatic heterocycles. The third-order valence-electron chi connectivity index (χ3n) is 1.36. The molecule has 0 bridgehead atoms. The lowest BCUT2D eigenvalue weighted by Gasteiger charge is -2.10. The normalized spacial score (nSPS) is 10.9. The molecule has 15 heavy (non-hydrogen) atoms. The largest absolute Gasteiger partial charge is 0.574 e. The maximum atomic E-state index is 11.9. The molecule has 8 heteroatoms. The molecule has 1 aromatic rings. The van der Waals surface area contributed by atoms with E-state index < -0.39 is 17.8 Å². The quantitative estimate of drug-likeness (QED) is 0.801. The van der Waals surface area contributed by atoms with Gasteiger partial charge in [-0.25, -0.2) is 4.98 Å². The zero-order valence-corrected chi connectivity index (χ0v) is 9.13. The van der Waals surface area contributed by atoms with E-state index in [1.165, 1.54) is 6.07 Å². The number of anilines is 1. The molecule has 4 nitrogen and oxygen atoms in total. The molecule has 0 fully saturated rings. The predicted molar refractivity (Wildman–Crippen MR) is 52.8 cm³/mol. The summed E-state index contributed by atoms with van der Waals surface area (Å²) in [4.78, 5) is 3.34. The highest BCUT2D eigenvalue weighted by Crippen LogP contribution is 2.29. The fourth-order valence-electron chi connectivity index (χ4n) is 0.779. The van der Waals surface area contributed by atoms with E-state index in [0.717, 1.165) is 6.20 Å². The van der Waals surface area contributed by atoms with Crippen LogP contribution in [0.15, 0.2) is 6.20 Å². The van der Waals surface area contributed by atoms with Gasteiger partial charge in [-0.3, -0.25) is 0 Å². The smallest absolute Gasteiger partial charge is 0.397 e. The Labute approximate surface area is 96.0 Å². The van der Waals surface area contributed by atoms with E-state index >= 15 is 0 Å². The SMILES string of the molecule is N#Cc1c(OC(F)(F)F)ncc(I)c1N. The zero-order chi connectivity index (χ0) is 11.6. The Hall–Kier alpha value is -1.24. The molecule has 0 aromatic carbocycles. The molecule has 0 aliphatic rings. The van der Waals surface area contributed by atoms with Gasteiger partial charge in [0.05, 0.1) is 9.26 Å². The first kappa shape index (κ1) is 11.8. The van der Waals surface area contributed by atoms with Crippen LogP contribution in [0.5, 0.6) is 5.88 Å². The van der Waals surface area contributed by atoms with Gasteiger partial charge < -0.3 is 10.5 Å². The first-order valence-electron chi connectivity index (χ1n) is 3.45. The van der Waals surface area contributed by atoms with E-state index in [4.69, 9.17) is 11.0 Å². The molecular weight excluding hydrogens is 326 g/mol. The van der Waals surface area contributed by atoms with Crippen molar-refractivity contribution in [2.45, 2.75) is 6.36 Å². The van der Waals surface area contributed by atoms with E-state index in [1.807, 2.05) is 0 Å². The summed E-state index contributed by atoms with van der Waals surface area (Å²) in [5.74, 6) is -0.831. The number of hydrogen-bond acceptors (Lipinski definition) is 4. The lowest BCUT2D eigenvalue weighted by Crippen LogP contribution is -2.19. The zero-order valence-electron chi connectivity index (χ0n) is 6.97. The molecule has 0 aliphatic carbocycles. The Balaban J connectivity index is 3.21. The van der Waals surface area contributed by atoms with Crippen molar-refractivity contribution < 1.29 is 17.9 Å². The van der Waals surface area contributed by atoms with Crippen molar-refractivity contribution in [3.8, 4) is 11.9 Å². The molecule has 1 aromatic heterocycles. The van der Waals surface area contributed by atoms with Crippen molar-refractivity contribution >= 4 is 28.3 Å². The monoisotopic (exact) mass is 329 g/mol. The predicted octanol–water partition coefficient (Wildman–Crippen LogP) is 2.04. The van der Waals surface area contributed by atoms with E-state index in [2.05, 4.69) is 9.72 Å². The second kappa shape index (κ2) is 4.09. The maximum Gasteiger partial charge on any atom is 0.574 e. The summed E-state index contributed by atoms with van der Waals surface area (Å²) in [5.41, 5.74) is 4.90. The number of pyridine rings is 1. The first-order chi connectivity index (χ1) is 6.85. The van der Waals surface area contributed by atoms with Crippen molar-refractivity contribution in [2.75, 3.05) is 5.73 Å². The molecule has 2 N–H and O–H groups in total. The highest BCUT2D eigenvalue weighted by Gasteiger charge is 2.33. The number of hydrogen-bond donors (Lipinski definition) is 1. The number of nitrogens with two attached hydrogens (primary N) is 1. The van der Waals surface area contributed by atoms with Crippen LogP contribution in [-0.4, -0.2) is 11.3 Å². The van der Waals surface area contributed by atoms with Gasteiger partial charge in [-0.1, -0.05) is 0 Å². The van der Waals surface area contributed by atoms with Gasteiger partial charge in [0.2, 0.25) is 5.88 Å². The Morgan fingerprint density at radius 3 is 2.60 bits per heavy atom. The molecule has 0 radical (unpaired) electrons. The van der Waals surface area contributed by atoms with Gasteiger partial charge in [-0.15, -0.1) is 13.2 Å². The van der Waals surface area contributed by atoms with Gasteiger partial charge in [0.25, 0.3) is 0 Å². The molecule has 0 amide bonds. The number of halogens is 4. The van der Waals surface area contributed by atoms with Crippen LogP contribution in [0.3, 0.4) is 0 Å². The minimum absolute atomic E-state index is 0.0765. The lowest BCUT2D eigenvalue weighted by molar-refractivity contribution is -0.276. The Morgan fingerprint density at radius 1 is 1.53 bits per heavy atom. The van der Waals surface area contributed by atoms with Crippen LogP contribution in [0.1, 0.15) is 5.56 Å². The van der Waals surface area contributed by atoms with Crippen LogP contribution in [0, 0.1) is 14.9 Å². The second-order valence-electron chi connectivity index (χ2n) is 2.36. The highest BCUT2D eigenvalue weighted by atomic mass is 127. The summed E-state index contributed by atoms with van der Waals surface area (Å²) in [6.07, 6.45) is -3.80. The minimum atomic E-state index is -4.89. The summed E-state index contributed by atoms with van der Waals surface area (Å²) >= 11 is 1.75. The van der Waals surface area contributed by atoms with Gasteiger partial charge in [-0.2, -0.15) is 5.26 Å². The standard InChI is InChI=1S/C7H3F3IN3O/c8-7(9,10)15-6-3(1-12)5(13)4(11)2-14-6/h2H,(H2,13,14). The van der Waals surface area contributed by atoms with E-state index in [0.29, 0.717) is 3.57 Å². The van der Waals surface area contributed by atoms with Gasteiger partial charge in [-0.05, 0) is 22.6 Å². The maximum absolute atomic E-state index is 11.9. The third kappa shape index (κ3) is 2.85. The molecule has 0 saturated carbocycles. The molecule has 0 spiro atoms. The van der Waals surface area contributed by atoms with Crippen LogP contribution in [-0.2, 0) is 0 Å². The van der Waals surface area contributed by atoms with Gasteiger partial charge in [0.1, 0.15) is 11.6 Å².